The maximum absolute atomic E-state index is 5.84. The summed E-state index contributed by atoms with van der Waals surface area (Å²) in [4.78, 5) is 0. The molecule has 2 aromatic carbocycles. The van der Waals surface area contributed by atoms with E-state index in [4.69, 9.17) is 15.2 Å². The van der Waals surface area contributed by atoms with Gasteiger partial charge in [-0.15, -0.1) is 0 Å². The molecule has 0 bridgehead atoms. The average Bonchev–Trinajstić information content (AvgIpc) is 2.38. The molecule has 1 atom stereocenters. The molecule has 16 heavy (non-hydrogen) atoms. The Morgan fingerprint density at radius 3 is 2.94 bits per heavy atom. The number of nitrogens with two attached hydrogens (primary N) is 1. The first-order valence-electron chi connectivity index (χ1n) is 5.40. The summed E-state index contributed by atoms with van der Waals surface area (Å²) in [5.41, 5.74) is 5.60. The normalized spacial score (nSPS) is 18.7. The largest absolute Gasteiger partial charge is 0.486 e. The van der Waals surface area contributed by atoms with E-state index in [1.165, 1.54) is 0 Å². The number of rotatable bonds is 1. The van der Waals surface area contributed by atoms with Gasteiger partial charge < -0.3 is 15.2 Å². The van der Waals surface area contributed by atoms with E-state index in [1.807, 2.05) is 30.3 Å². The third kappa shape index (κ3) is 1.41. The monoisotopic (exact) mass is 215 g/mol. The van der Waals surface area contributed by atoms with Crippen LogP contribution in [0.5, 0.6) is 11.5 Å². The summed E-state index contributed by atoms with van der Waals surface area (Å²) in [5, 5.41) is 2.24. The second-order valence-electron chi connectivity index (χ2n) is 3.90. The van der Waals surface area contributed by atoms with Crippen LogP contribution in [0.2, 0.25) is 0 Å². The molecule has 3 nitrogen and oxygen atoms in total. The fraction of sp³-hybridized carbons (Fsp3) is 0.231. The number of hydrogen-bond acceptors (Lipinski definition) is 3. The molecule has 3 heteroatoms. The molecule has 1 aliphatic heterocycles. The van der Waals surface area contributed by atoms with E-state index in [2.05, 4.69) is 6.07 Å². The zero-order valence-corrected chi connectivity index (χ0v) is 8.85. The standard InChI is InChI=1S/C13H13NO2/c14-7-10-8-15-12-6-5-9-3-1-2-4-11(9)13(12)16-10/h1-6,10H,7-8,14H2/t10-/m1/s1. The van der Waals surface area contributed by atoms with Crippen molar-refractivity contribution in [2.45, 2.75) is 6.10 Å². The molecule has 0 fully saturated rings. The van der Waals surface area contributed by atoms with Crippen LogP contribution in [0.15, 0.2) is 36.4 Å². The number of hydrogen-bond donors (Lipinski definition) is 1. The van der Waals surface area contributed by atoms with Crippen LogP contribution in [0.4, 0.5) is 0 Å². The lowest BCUT2D eigenvalue weighted by Gasteiger charge is -2.26. The van der Waals surface area contributed by atoms with Crippen LogP contribution in [0, 0.1) is 0 Å². The van der Waals surface area contributed by atoms with Crippen LogP contribution in [-0.2, 0) is 0 Å². The van der Waals surface area contributed by atoms with Gasteiger partial charge in [-0.1, -0.05) is 30.3 Å². The van der Waals surface area contributed by atoms with E-state index in [-0.39, 0.29) is 6.10 Å². The van der Waals surface area contributed by atoms with Crippen LogP contribution in [0.25, 0.3) is 10.8 Å². The van der Waals surface area contributed by atoms with E-state index in [0.717, 1.165) is 22.3 Å². The molecule has 0 saturated heterocycles. The number of fused-ring (bicyclic) bond motifs is 3. The Morgan fingerprint density at radius 2 is 2.06 bits per heavy atom. The van der Waals surface area contributed by atoms with E-state index in [1.54, 1.807) is 0 Å². The molecule has 0 amide bonds. The molecule has 0 radical (unpaired) electrons. The lowest BCUT2D eigenvalue weighted by molar-refractivity contribution is 0.0990. The quantitative estimate of drug-likeness (QED) is 0.790. The molecular formula is C13H13NO2. The van der Waals surface area contributed by atoms with Crippen LogP contribution in [-0.4, -0.2) is 19.3 Å². The van der Waals surface area contributed by atoms with Gasteiger partial charge in [-0.05, 0) is 11.5 Å². The summed E-state index contributed by atoms with van der Waals surface area (Å²) in [6.45, 7) is 1.00. The van der Waals surface area contributed by atoms with Gasteiger partial charge in [-0.3, -0.25) is 0 Å². The smallest absolute Gasteiger partial charge is 0.169 e. The Labute approximate surface area is 93.8 Å². The van der Waals surface area contributed by atoms with Crippen molar-refractivity contribution in [3.8, 4) is 11.5 Å². The van der Waals surface area contributed by atoms with E-state index in [0.29, 0.717) is 13.2 Å². The van der Waals surface area contributed by atoms with Gasteiger partial charge in [0.2, 0.25) is 0 Å². The lowest BCUT2D eigenvalue weighted by atomic mass is 10.1. The van der Waals surface area contributed by atoms with Crippen molar-refractivity contribution in [2.75, 3.05) is 13.2 Å². The number of benzene rings is 2. The Balaban J connectivity index is 2.17. The fourth-order valence-corrected chi connectivity index (χ4v) is 1.96. The maximum atomic E-state index is 5.84. The molecule has 0 aromatic heterocycles. The van der Waals surface area contributed by atoms with Crippen molar-refractivity contribution in [1.29, 1.82) is 0 Å². The highest BCUT2D eigenvalue weighted by Gasteiger charge is 2.21. The van der Waals surface area contributed by atoms with Crippen molar-refractivity contribution >= 4 is 10.8 Å². The van der Waals surface area contributed by atoms with E-state index in [9.17, 15) is 0 Å². The minimum atomic E-state index is -0.0432. The predicted octanol–water partition coefficient (Wildman–Crippen LogP) is 1.94. The van der Waals surface area contributed by atoms with Crippen molar-refractivity contribution in [2.24, 2.45) is 5.73 Å². The van der Waals surface area contributed by atoms with Gasteiger partial charge in [0.1, 0.15) is 12.7 Å². The summed E-state index contributed by atoms with van der Waals surface area (Å²) < 4.78 is 11.5. The summed E-state index contributed by atoms with van der Waals surface area (Å²) in [6, 6.07) is 12.1. The SMILES string of the molecule is NC[C@@H]1COc2ccc3ccccc3c2O1. The average molecular weight is 215 g/mol. The predicted molar refractivity (Wildman–Crippen MR) is 62.9 cm³/mol. The molecule has 0 aliphatic carbocycles. The van der Waals surface area contributed by atoms with E-state index >= 15 is 0 Å². The summed E-state index contributed by atoms with van der Waals surface area (Å²) >= 11 is 0. The summed E-state index contributed by atoms with van der Waals surface area (Å²) in [7, 11) is 0. The molecule has 3 rings (SSSR count). The Hall–Kier alpha value is -1.74. The Morgan fingerprint density at radius 1 is 1.19 bits per heavy atom. The topological polar surface area (TPSA) is 44.5 Å². The molecule has 0 saturated carbocycles. The highest BCUT2D eigenvalue weighted by atomic mass is 16.6. The second kappa shape index (κ2) is 3.68. The van der Waals surface area contributed by atoms with Gasteiger partial charge in [-0.25, -0.2) is 0 Å². The van der Waals surface area contributed by atoms with E-state index < -0.39 is 0 Å². The lowest BCUT2D eigenvalue weighted by Crippen LogP contribution is -2.35. The maximum Gasteiger partial charge on any atom is 0.169 e. The van der Waals surface area contributed by atoms with Gasteiger partial charge >= 0.3 is 0 Å². The first-order chi connectivity index (χ1) is 7.88. The summed E-state index contributed by atoms with van der Waals surface area (Å²) in [5.74, 6) is 1.63. The molecule has 0 spiro atoms. The minimum Gasteiger partial charge on any atom is -0.486 e. The van der Waals surface area contributed by atoms with Crippen LogP contribution >= 0.6 is 0 Å². The van der Waals surface area contributed by atoms with Crippen molar-refractivity contribution in [3.63, 3.8) is 0 Å². The third-order valence-electron chi connectivity index (χ3n) is 2.82. The second-order valence-corrected chi connectivity index (χ2v) is 3.90. The molecule has 1 aliphatic rings. The Bertz CT molecular complexity index is 524. The Kier molecular flexibility index (Phi) is 2.18. The van der Waals surface area contributed by atoms with Gasteiger partial charge in [-0.2, -0.15) is 0 Å². The molecular weight excluding hydrogens is 202 g/mol. The minimum absolute atomic E-state index is 0.0432. The molecule has 2 N–H and O–H groups in total. The van der Waals surface area contributed by atoms with Gasteiger partial charge in [0.15, 0.2) is 11.5 Å². The number of ether oxygens (including phenoxy) is 2. The van der Waals surface area contributed by atoms with Crippen molar-refractivity contribution in [3.05, 3.63) is 36.4 Å². The zero-order valence-electron chi connectivity index (χ0n) is 8.85. The van der Waals surface area contributed by atoms with Crippen LogP contribution < -0.4 is 15.2 Å². The summed E-state index contributed by atoms with van der Waals surface area (Å²) in [6.07, 6.45) is -0.0432. The van der Waals surface area contributed by atoms with Gasteiger partial charge in [0, 0.05) is 11.9 Å². The molecule has 0 unspecified atom stereocenters. The highest BCUT2D eigenvalue weighted by Crippen LogP contribution is 2.38. The molecule has 2 aromatic rings. The zero-order chi connectivity index (χ0) is 11.0. The first kappa shape index (κ1) is 9.48. The molecule has 1 heterocycles. The highest BCUT2D eigenvalue weighted by molar-refractivity contribution is 5.90. The van der Waals surface area contributed by atoms with Crippen LogP contribution in [0.3, 0.4) is 0 Å². The molecule has 82 valence electrons. The first-order valence-corrected chi connectivity index (χ1v) is 5.40. The van der Waals surface area contributed by atoms with Gasteiger partial charge in [0.05, 0.1) is 0 Å². The van der Waals surface area contributed by atoms with Crippen LogP contribution in [0.1, 0.15) is 0 Å². The third-order valence-corrected chi connectivity index (χ3v) is 2.82. The van der Waals surface area contributed by atoms with Gasteiger partial charge in [0.25, 0.3) is 0 Å². The van der Waals surface area contributed by atoms with Crippen molar-refractivity contribution in [1.82, 2.24) is 0 Å². The van der Waals surface area contributed by atoms with Crippen molar-refractivity contribution < 1.29 is 9.47 Å². The fourth-order valence-electron chi connectivity index (χ4n) is 1.96.